The molecule has 1 N–H and O–H groups in total. The van der Waals surface area contributed by atoms with Crippen molar-refractivity contribution < 1.29 is 9.84 Å². The molecule has 3 heteroatoms. The van der Waals surface area contributed by atoms with Crippen LogP contribution < -0.4 is 0 Å². The van der Waals surface area contributed by atoms with Crippen LogP contribution in [0.3, 0.4) is 0 Å². The van der Waals surface area contributed by atoms with Crippen LogP contribution in [0.5, 0.6) is 0 Å². The van der Waals surface area contributed by atoms with Crippen LogP contribution in [0.2, 0.25) is 0 Å². The Morgan fingerprint density at radius 1 is 0.897 bits per heavy atom. The van der Waals surface area contributed by atoms with E-state index in [0.29, 0.717) is 12.8 Å². The van der Waals surface area contributed by atoms with Crippen LogP contribution in [-0.4, -0.2) is 41.9 Å². The van der Waals surface area contributed by atoms with Crippen LogP contribution in [0.4, 0.5) is 0 Å². The Hall–Kier alpha value is -2.46. The fourth-order valence-electron chi connectivity index (χ4n) is 4.15. The zero-order chi connectivity index (χ0) is 19.9. The van der Waals surface area contributed by atoms with E-state index in [-0.39, 0.29) is 6.10 Å². The molecule has 2 atom stereocenters. The maximum atomic E-state index is 10.8. The summed E-state index contributed by atoms with van der Waals surface area (Å²) in [6, 6.07) is 29.3. The second-order valence-electron chi connectivity index (χ2n) is 7.83. The summed E-state index contributed by atoms with van der Waals surface area (Å²) in [4.78, 5) is 2.42. The Labute approximate surface area is 173 Å². The molecule has 0 bridgehead atoms. The van der Waals surface area contributed by atoms with Crippen molar-refractivity contribution in [2.75, 3.05) is 19.7 Å². The van der Waals surface area contributed by atoms with Crippen molar-refractivity contribution in [3.8, 4) is 11.1 Å². The number of ether oxygens (including phenoxy) is 1. The van der Waals surface area contributed by atoms with Gasteiger partial charge in [-0.05, 0) is 28.7 Å². The summed E-state index contributed by atoms with van der Waals surface area (Å²) < 4.78 is 5.97. The largest absolute Gasteiger partial charge is 0.393 e. The topological polar surface area (TPSA) is 32.7 Å². The molecule has 1 aliphatic rings. The molecule has 29 heavy (non-hydrogen) atoms. The molecular formula is C26H29NO2. The molecule has 3 nitrogen and oxygen atoms in total. The normalized spacial score (nSPS) is 18.4. The van der Waals surface area contributed by atoms with Gasteiger partial charge in [0.25, 0.3) is 0 Å². The highest BCUT2D eigenvalue weighted by molar-refractivity contribution is 5.67. The number of hydrogen-bond donors (Lipinski definition) is 1. The average molecular weight is 388 g/mol. The van der Waals surface area contributed by atoms with Gasteiger partial charge in [-0.3, -0.25) is 4.90 Å². The third kappa shape index (κ3) is 5.54. The van der Waals surface area contributed by atoms with Crippen molar-refractivity contribution in [3.05, 3.63) is 96.1 Å². The Bertz CT molecular complexity index is 881. The second-order valence-corrected chi connectivity index (χ2v) is 7.83. The Kier molecular flexibility index (Phi) is 6.73. The predicted octanol–water partition coefficient (Wildman–Crippen LogP) is 4.55. The van der Waals surface area contributed by atoms with Gasteiger partial charge >= 0.3 is 0 Å². The van der Waals surface area contributed by atoms with E-state index in [2.05, 4.69) is 77.7 Å². The summed E-state index contributed by atoms with van der Waals surface area (Å²) in [6.45, 7) is 3.48. The van der Waals surface area contributed by atoms with Crippen molar-refractivity contribution in [2.45, 2.75) is 31.6 Å². The summed E-state index contributed by atoms with van der Waals surface area (Å²) in [5.41, 5.74) is 4.90. The van der Waals surface area contributed by atoms with Crippen molar-refractivity contribution in [2.24, 2.45) is 0 Å². The van der Waals surface area contributed by atoms with E-state index in [9.17, 15) is 5.11 Å². The molecule has 0 spiro atoms. The van der Waals surface area contributed by atoms with E-state index in [4.69, 9.17) is 4.74 Å². The lowest BCUT2D eigenvalue weighted by molar-refractivity contribution is -0.0519. The first-order valence-corrected chi connectivity index (χ1v) is 10.5. The number of morpholine rings is 1. The Morgan fingerprint density at radius 3 is 2.38 bits per heavy atom. The minimum Gasteiger partial charge on any atom is -0.393 e. The van der Waals surface area contributed by atoms with E-state index < -0.39 is 6.10 Å². The van der Waals surface area contributed by atoms with E-state index in [1.807, 2.05) is 12.1 Å². The van der Waals surface area contributed by atoms with Crippen LogP contribution in [0.15, 0.2) is 84.9 Å². The fourth-order valence-corrected chi connectivity index (χ4v) is 4.15. The molecule has 1 saturated heterocycles. The molecule has 2 unspecified atom stereocenters. The number of hydrogen-bond acceptors (Lipinski definition) is 3. The summed E-state index contributed by atoms with van der Waals surface area (Å²) in [7, 11) is 0. The summed E-state index contributed by atoms with van der Waals surface area (Å²) >= 11 is 0. The lowest BCUT2D eigenvalue weighted by Gasteiger charge is -2.34. The smallest absolute Gasteiger partial charge is 0.0727 e. The highest BCUT2D eigenvalue weighted by Gasteiger charge is 2.23. The van der Waals surface area contributed by atoms with Gasteiger partial charge in [-0.1, -0.05) is 84.9 Å². The summed E-state index contributed by atoms with van der Waals surface area (Å²) in [6.07, 6.45) is 0.964. The van der Waals surface area contributed by atoms with Gasteiger partial charge in [0.05, 0.1) is 18.8 Å². The SMILES string of the molecule is OC(Cc1ccccc1-c1ccccc1)CC1CN(Cc2ccccc2)CCO1. The van der Waals surface area contributed by atoms with Crippen molar-refractivity contribution >= 4 is 0 Å². The van der Waals surface area contributed by atoms with Gasteiger partial charge in [0.15, 0.2) is 0 Å². The van der Waals surface area contributed by atoms with Gasteiger partial charge in [0, 0.05) is 26.1 Å². The number of benzene rings is 3. The molecule has 1 aliphatic heterocycles. The first-order chi connectivity index (χ1) is 14.3. The highest BCUT2D eigenvalue weighted by atomic mass is 16.5. The second kappa shape index (κ2) is 9.84. The van der Waals surface area contributed by atoms with E-state index in [1.165, 1.54) is 22.3 Å². The lowest BCUT2D eigenvalue weighted by Crippen LogP contribution is -2.43. The summed E-state index contributed by atoms with van der Waals surface area (Å²) in [5, 5.41) is 10.8. The molecule has 150 valence electrons. The molecule has 0 aliphatic carbocycles. The van der Waals surface area contributed by atoms with Crippen molar-refractivity contribution in [1.29, 1.82) is 0 Å². The first kappa shape index (κ1) is 19.8. The minimum atomic E-state index is -0.415. The molecule has 4 rings (SSSR count). The number of rotatable bonds is 7. The number of aliphatic hydroxyl groups excluding tert-OH is 1. The monoisotopic (exact) mass is 387 g/mol. The Morgan fingerprint density at radius 2 is 1.59 bits per heavy atom. The molecular weight excluding hydrogens is 358 g/mol. The van der Waals surface area contributed by atoms with Crippen molar-refractivity contribution in [3.63, 3.8) is 0 Å². The molecule has 3 aromatic rings. The van der Waals surface area contributed by atoms with Gasteiger partial charge in [-0.2, -0.15) is 0 Å². The van der Waals surface area contributed by atoms with Gasteiger partial charge in [0.2, 0.25) is 0 Å². The van der Waals surface area contributed by atoms with Crippen LogP contribution in [0, 0.1) is 0 Å². The quantitative estimate of drug-likeness (QED) is 0.646. The zero-order valence-corrected chi connectivity index (χ0v) is 16.8. The third-order valence-corrected chi connectivity index (χ3v) is 5.56. The Balaban J connectivity index is 1.36. The molecule has 0 amide bonds. The standard InChI is InChI=1S/C26H29NO2/c28-24(17-23-13-7-8-14-26(23)22-11-5-2-6-12-22)18-25-20-27(15-16-29-25)19-21-9-3-1-4-10-21/h1-14,24-25,28H,15-20H2. The summed E-state index contributed by atoms with van der Waals surface area (Å²) in [5.74, 6) is 0. The number of nitrogens with zero attached hydrogens (tertiary/aromatic N) is 1. The van der Waals surface area contributed by atoms with E-state index >= 15 is 0 Å². The number of aliphatic hydroxyl groups is 1. The molecule has 1 heterocycles. The fraction of sp³-hybridized carbons (Fsp3) is 0.308. The minimum absolute atomic E-state index is 0.0753. The predicted molar refractivity (Wildman–Crippen MR) is 118 cm³/mol. The lowest BCUT2D eigenvalue weighted by atomic mass is 9.94. The van der Waals surface area contributed by atoms with Crippen LogP contribution in [0.1, 0.15) is 17.5 Å². The molecule has 3 aromatic carbocycles. The van der Waals surface area contributed by atoms with Gasteiger partial charge in [-0.15, -0.1) is 0 Å². The molecule has 0 aromatic heterocycles. The van der Waals surface area contributed by atoms with Gasteiger partial charge in [-0.25, -0.2) is 0 Å². The highest BCUT2D eigenvalue weighted by Crippen LogP contribution is 2.25. The van der Waals surface area contributed by atoms with Crippen LogP contribution in [0.25, 0.3) is 11.1 Å². The third-order valence-electron chi connectivity index (χ3n) is 5.56. The average Bonchev–Trinajstić information content (AvgIpc) is 2.76. The van der Waals surface area contributed by atoms with Crippen molar-refractivity contribution in [1.82, 2.24) is 4.90 Å². The van der Waals surface area contributed by atoms with E-state index in [0.717, 1.165) is 26.2 Å². The van der Waals surface area contributed by atoms with Crippen LogP contribution >= 0.6 is 0 Å². The van der Waals surface area contributed by atoms with Gasteiger partial charge in [0.1, 0.15) is 0 Å². The van der Waals surface area contributed by atoms with Crippen LogP contribution in [-0.2, 0) is 17.7 Å². The maximum Gasteiger partial charge on any atom is 0.0727 e. The van der Waals surface area contributed by atoms with E-state index in [1.54, 1.807) is 0 Å². The maximum absolute atomic E-state index is 10.8. The molecule has 1 fully saturated rings. The molecule has 0 radical (unpaired) electrons. The first-order valence-electron chi connectivity index (χ1n) is 10.5. The van der Waals surface area contributed by atoms with Gasteiger partial charge < -0.3 is 9.84 Å². The zero-order valence-electron chi connectivity index (χ0n) is 16.8. The molecule has 0 saturated carbocycles.